The standard InChI is InChI=1S/C56H82N6O12P2/c1-13-43-39(3)47-35-48-41(5)45(23-25-55(63)69-29-19-15-17-21-31-71-75(65,66)73-33-27-61(7,8)9)53(59-48)38-54-46(42(6)50(60-54)37-52-44(14-2)40(4)49(58-52)36-51(43)57-47)24-26-56(64)70-30-20-16-18-22-32-72-76(67,68)74-34-28-62(10,11)12/h13-14,35-38H,1-2,15-34H2,3-12H3,(H2-2,57,58,59,60,65,66,67,68)/p+2. The van der Waals surface area contributed by atoms with Gasteiger partial charge in [-0.25, -0.2) is 19.1 Å². The Kier molecular flexibility index (Phi) is 23.0. The van der Waals surface area contributed by atoms with Gasteiger partial charge in [-0.1, -0.05) is 38.2 Å². The van der Waals surface area contributed by atoms with Crippen LogP contribution in [0.5, 0.6) is 0 Å². The molecular weight excluding hydrogens is 1010 g/mol. The van der Waals surface area contributed by atoms with E-state index in [4.69, 9.17) is 37.5 Å². The van der Waals surface area contributed by atoms with Crippen molar-refractivity contribution in [1.82, 2.24) is 19.9 Å². The van der Waals surface area contributed by atoms with Gasteiger partial charge in [0.25, 0.3) is 0 Å². The molecule has 0 aromatic carbocycles. The van der Waals surface area contributed by atoms with Crippen molar-refractivity contribution in [1.29, 1.82) is 0 Å². The molecule has 0 aliphatic carbocycles. The number of rotatable bonds is 32. The number of allylic oxidation sites excluding steroid dienone is 4. The number of aromatic amines is 2. The molecule has 18 nitrogen and oxygen atoms in total. The topological polar surface area (TPSA) is 221 Å². The Bertz CT molecular complexity index is 2890. The number of carbonyl (C=O) groups is 2. The number of H-pyrrole nitrogens is 2. The van der Waals surface area contributed by atoms with Crippen molar-refractivity contribution in [3.8, 4) is 0 Å². The number of aryl methyl sites for hydroxylation is 2. The van der Waals surface area contributed by atoms with E-state index in [-0.39, 0.29) is 64.4 Å². The van der Waals surface area contributed by atoms with Gasteiger partial charge in [0.2, 0.25) is 0 Å². The molecule has 8 bridgehead atoms. The van der Waals surface area contributed by atoms with E-state index in [0.717, 1.165) is 104 Å². The van der Waals surface area contributed by atoms with Crippen molar-refractivity contribution in [2.75, 3.05) is 95.0 Å². The minimum atomic E-state index is -4.11. The number of hydrogen-bond acceptors (Lipinski definition) is 12. The van der Waals surface area contributed by atoms with Crippen molar-refractivity contribution >= 4 is 84.1 Å². The first kappa shape index (κ1) is 62.0. The Labute approximate surface area is 449 Å². The van der Waals surface area contributed by atoms with Gasteiger partial charge in [0.1, 0.15) is 26.3 Å². The van der Waals surface area contributed by atoms with Crippen LogP contribution in [0, 0.1) is 13.8 Å². The molecule has 20 heteroatoms. The molecule has 3 aromatic heterocycles. The lowest BCUT2D eigenvalue weighted by atomic mass is 9.98. The predicted molar refractivity (Wildman–Crippen MR) is 302 cm³/mol. The van der Waals surface area contributed by atoms with Gasteiger partial charge < -0.3 is 38.2 Å². The number of quaternary nitrogens is 2. The summed E-state index contributed by atoms with van der Waals surface area (Å²) < 4.78 is 57.4. The summed E-state index contributed by atoms with van der Waals surface area (Å²) in [5.74, 6) is -0.671. The fraction of sp³-hybridized carbons (Fsp3) is 0.536. The smallest absolute Gasteiger partial charge is 0.466 e. The number of phosphoric ester groups is 2. The molecule has 0 amide bonds. The molecule has 0 saturated heterocycles. The highest BCUT2D eigenvalue weighted by Gasteiger charge is 2.26. The summed E-state index contributed by atoms with van der Waals surface area (Å²) in [4.78, 5) is 64.1. The maximum absolute atomic E-state index is 13.3. The largest absolute Gasteiger partial charge is 0.472 e. The molecule has 2 unspecified atom stereocenters. The van der Waals surface area contributed by atoms with Gasteiger partial charge in [0.15, 0.2) is 0 Å². The number of likely N-dealkylation sites (N-methyl/N-ethyl adjacent to an activating group) is 2. The van der Waals surface area contributed by atoms with Gasteiger partial charge in [-0.05, 0) is 137 Å². The van der Waals surface area contributed by atoms with E-state index in [1.807, 2.05) is 93.4 Å². The Morgan fingerprint density at radius 1 is 0.526 bits per heavy atom. The number of esters is 2. The minimum Gasteiger partial charge on any atom is -0.466 e. The molecule has 2 aliphatic heterocycles. The first-order valence-corrected chi connectivity index (χ1v) is 29.4. The SMILES string of the molecule is C=Cc1c(C)c2cc3[nH]c(cc4nc(cc5nc(cc1[nH]2)C(C)=C5CCC(=O)OCCCCCCOP(=O)(O)OCC[N+](C)(C)C)C(CCC(=O)OCCCCCCOP(=O)(O)OCC[N+](C)(C)C)=C4C)c(C)c3C=C. The van der Waals surface area contributed by atoms with E-state index in [1.165, 1.54) is 0 Å². The van der Waals surface area contributed by atoms with E-state index >= 15 is 0 Å². The lowest BCUT2D eigenvalue weighted by Crippen LogP contribution is -2.37. The lowest BCUT2D eigenvalue weighted by Gasteiger charge is -2.24. The number of carbonyl (C=O) groups excluding carboxylic acids is 2. The number of fused-ring (bicyclic) bond motifs is 8. The highest BCUT2D eigenvalue weighted by Crippen LogP contribution is 2.44. The first-order chi connectivity index (χ1) is 35.8. The Balaban J connectivity index is 1.29. The molecular formula is C56H84N6O12P2+2. The number of hydrogen-bond donors (Lipinski definition) is 4. The van der Waals surface area contributed by atoms with Crippen LogP contribution in [-0.4, -0.2) is 146 Å². The summed E-state index contributed by atoms with van der Waals surface area (Å²) in [5.41, 5.74) is 13.8. The minimum absolute atomic E-state index is 0.0913. The number of unbranched alkanes of at least 4 members (excludes halogenated alkanes) is 6. The molecule has 4 N–H and O–H groups in total. The monoisotopic (exact) mass is 1090 g/mol. The summed E-state index contributed by atoms with van der Waals surface area (Å²) in [5, 5.41) is 0. The second-order valence-corrected chi connectivity index (χ2v) is 24.4. The average Bonchev–Trinajstić information content (AvgIpc) is 4.00. The summed E-state index contributed by atoms with van der Waals surface area (Å²) in [6.45, 7) is 18.4. The van der Waals surface area contributed by atoms with Crippen molar-refractivity contribution in [2.24, 2.45) is 0 Å². The van der Waals surface area contributed by atoms with E-state index in [0.29, 0.717) is 72.0 Å². The second kappa shape index (κ2) is 28.2. The molecule has 418 valence electrons. The van der Waals surface area contributed by atoms with Crippen LogP contribution >= 0.6 is 15.6 Å². The van der Waals surface area contributed by atoms with Gasteiger partial charge >= 0.3 is 27.6 Å². The maximum Gasteiger partial charge on any atom is 0.472 e. The van der Waals surface area contributed by atoms with Crippen LogP contribution in [0.15, 0.2) is 37.4 Å². The number of aromatic nitrogens is 4. The van der Waals surface area contributed by atoms with Crippen LogP contribution in [0.4, 0.5) is 0 Å². The zero-order chi connectivity index (χ0) is 55.8. The van der Waals surface area contributed by atoms with Crippen LogP contribution in [0.25, 0.3) is 56.5 Å². The third kappa shape index (κ3) is 19.3. The van der Waals surface area contributed by atoms with Gasteiger partial charge in [-0.15, -0.1) is 0 Å². The summed E-state index contributed by atoms with van der Waals surface area (Å²) >= 11 is 0. The number of nitrogens with zero attached hydrogens (tertiary/aromatic N) is 4. The second-order valence-electron chi connectivity index (χ2n) is 21.5. The van der Waals surface area contributed by atoms with Crippen molar-refractivity contribution in [3.63, 3.8) is 0 Å². The molecule has 2 atom stereocenters. The molecule has 0 spiro atoms. The first-order valence-electron chi connectivity index (χ1n) is 26.4. The summed E-state index contributed by atoms with van der Waals surface area (Å²) in [6.07, 6.45) is 10.0. The Morgan fingerprint density at radius 2 is 0.882 bits per heavy atom. The molecule has 0 fully saturated rings. The van der Waals surface area contributed by atoms with Crippen LogP contribution in [0.2, 0.25) is 0 Å². The summed E-state index contributed by atoms with van der Waals surface area (Å²) in [6, 6.07) is 8.06. The molecule has 5 heterocycles. The van der Waals surface area contributed by atoms with Crippen LogP contribution in [0.1, 0.15) is 136 Å². The van der Waals surface area contributed by atoms with E-state index in [2.05, 4.69) is 36.1 Å². The fourth-order valence-corrected chi connectivity index (χ4v) is 10.2. The van der Waals surface area contributed by atoms with Crippen LogP contribution in [0.3, 0.4) is 0 Å². The highest BCUT2D eigenvalue weighted by atomic mass is 31.2. The predicted octanol–water partition coefficient (Wildman–Crippen LogP) is 11.5. The normalized spacial score (nSPS) is 14.7. The molecule has 0 saturated carbocycles. The molecule has 76 heavy (non-hydrogen) atoms. The van der Waals surface area contributed by atoms with Gasteiger partial charge in [-0.2, -0.15) is 0 Å². The van der Waals surface area contributed by atoms with E-state index < -0.39 is 15.6 Å². The van der Waals surface area contributed by atoms with E-state index in [1.54, 1.807) is 0 Å². The van der Waals surface area contributed by atoms with Crippen molar-refractivity contribution < 1.29 is 65.0 Å². The number of ether oxygens (including phenoxy) is 2. The number of phosphoric acid groups is 2. The zero-order valence-electron chi connectivity index (χ0n) is 46.7. The third-order valence-electron chi connectivity index (χ3n) is 13.3. The van der Waals surface area contributed by atoms with Gasteiger partial charge in [0, 0.05) is 46.0 Å². The summed E-state index contributed by atoms with van der Waals surface area (Å²) in [7, 11) is 3.59. The van der Waals surface area contributed by atoms with Crippen LogP contribution < -0.4 is 0 Å². The van der Waals surface area contributed by atoms with Crippen molar-refractivity contribution in [3.05, 3.63) is 82.5 Å². The highest BCUT2D eigenvalue weighted by molar-refractivity contribution is 7.47. The fourth-order valence-electron chi connectivity index (χ4n) is 8.68. The van der Waals surface area contributed by atoms with Gasteiger partial charge in [-0.3, -0.25) is 27.7 Å². The molecule has 5 rings (SSSR count). The number of nitrogens with one attached hydrogen (secondary N) is 2. The zero-order valence-corrected chi connectivity index (χ0v) is 48.5. The maximum atomic E-state index is 13.3. The Morgan fingerprint density at radius 3 is 1.28 bits per heavy atom. The molecule has 3 aromatic rings. The van der Waals surface area contributed by atoms with Crippen LogP contribution in [-0.2, 0) is 46.3 Å². The molecule has 2 aliphatic rings. The van der Waals surface area contributed by atoms with E-state index in [9.17, 15) is 28.5 Å². The quantitative estimate of drug-likeness (QED) is 0.0198. The van der Waals surface area contributed by atoms with Gasteiger partial charge in [0.05, 0.1) is 91.5 Å². The lowest BCUT2D eigenvalue weighted by molar-refractivity contribution is -0.870. The third-order valence-corrected chi connectivity index (χ3v) is 15.4. The Hall–Kier alpha value is -4.84. The van der Waals surface area contributed by atoms with Crippen molar-refractivity contribution in [2.45, 2.75) is 105 Å². The average molecular weight is 1100 g/mol. The molecule has 0 radical (unpaired) electrons.